The molecule has 0 saturated carbocycles. The number of hydrogen-bond acceptors (Lipinski definition) is 5. The fraction of sp³-hybridized carbons (Fsp3) is 0.429. The standard InChI is InChI=1S/C14H14O5/c15-6-10-9-5-11(16)19-14(18)12(9)7-3-1-2-4-8(7)13(10)17/h6,11,16-17H,1-5H2. The molecule has 0 amide bonds. The minimum atomic E-state index is -1.25. The first-order chi connectivity index (χ1) is 9.13. The summed E-state index contributed by atoms with van der Waals surface area (Å²) in [7, 11) is 0. The van der Waals surface area contributed by atoms with Gasteiger partial charge in [-0.05, 0) is 42.4 Å². The first kappa shape index (κ1) is 12.2. The van der Waals surface area contributed by atoms with Crippen LogP contribution in [0.3, 0.4) is 0 Å². The van der Waals surface area contributed by atoms with Crippen LogP contribution in [0.1, 0.15) is 50.2 Å². The van der Waals surface area contributed by atoms with Gasteiger partial charge in [0.1, 0.15) is 5.75 Å². The second-order valence-electron chi connectivity index (χ2n) is 4.96. The molecule has 1 aliphatic carbocycles. The minimum Gasteiger partial charge on any atom is -0.507 e. The van der Waals surface area contributed by atoms with Crippen LogP contribution in [0.15, 0.2) is 0 Å². The molecule has 1 aliphatic heterocycles. The van der Waals surface area contributed by atoms with Crippen LogP contribution in [0.5, 0.6) is 5.75 Å². The lowest BCUT2D eigenvalue weighted by molar-refractivity contribution is -0.0689. The third-order valence-electron chi connectivity index (χ3n) is 3.88. The summed E-state index contributed by atoms with van der Waals surface area (Å²) in [5.41, 5.74) is 2.37. The molecule has 5 nitrogen and oxygen atoms in total. The van der Waals surface area contributed by atoms with Crippen LogP contribution in [-0.4, -0.2) is 28.8 Å². The van der Waals surface area contributed by atoms with Crippen LogP contribution in [0.25, 0.3) is 0 Å². The highest BCUT2D eigenvalue weighted by Crippen LogP contribution is 2.39. The lowest BCUT2D eigenvalue weighted by Gasteiger charge is -2.28. The van der Waals surface area contributed by atoms with E-state index < -0.39 is 12.3 Å². The number of esters is 1. The molecular weight excluding hydrogens is 248 g/mol. The number of phenolic OH excluding ortho intramolecular Hbond substituents is 1. The predicted molar refractivity (Wildman–Crippen MR) is 65.3 cm³/mol. The van der Waals surface area contributed by atoms with Crippen LogP contribution >= 0.6 is 0 Å². The highest BCUT2D eigenvalue weighted by atomic mass is 16.6. The molecule has 0 spiro atoms. The Bertz CT molecular complexity index is 576. The van der Waals surface area contributed by atoms with Crippen molar-refractivity contribution in [1.29, 1.82) is 0 Å². The number of aldehydes is 1. The van der Waals surface area contributed by atoms with E-state index >= 15 is 0 Å². The van der Waals surface area contributed by atoms with E-state index in [0.29, 0.717) is 35.8 Å². The van der Waals surface area contributed by atoms with Crippen molar-refractivity contribution in [3.05, 3.63) is 27.8 Å². The summed E-state index contributed by atoms with van der Waals surface area (Å²) in [5.74, 6) is -0.639. The maximum absolute atomic E-state index is 12.0. The van der Waals surface area contributed by atoms with Crippen molar-refractivity contribution in [3.8, 4) is 5.75 Å². The maximum Gasteiger partial charge on any atom is 0.341 e. The van der Waals surface area contributed by atoms with Crippen molar-refractivity contribution in [1.82, 2.24) is 0 Å². The molecule has 2 aliphatic rings. The normalized spacial score (nSPS) is 21.3. The number of carbonyl (C=O) groups excluding carboxylic acids is 2. The average Bonchev–Trinajstić information content (AvgIpc) is 2.38. The SMILES string of the molecule is O=Cc1c(O)c2c(c3c1CC(O)OC3=O)CCCC2. The highest BCUT2D eigenvalue weighted by Gasteiger charge is 2.34. The summed E-state index contributed by atoms with van der Waals surface area (Å²) in [6, 6.07) is 0. The number of phenols is 1. The van der Waals surface area contributed by atoms with Gasteiger partial charge in [0, 0.05) is 6.42 Å². The van der Waals surface area contributed by atoms with Crippen molar-refractivity contribution in [2.75, 3.05) is 0 Å². The molecular formula is C14H14O5. The fourth-order valence-corrected chi connectivity index (χ4v) is 3.05. The lowest BCUT2D eigenvalue weighted by atomic mass is 9.81. The topological polar surface area (TPSA) is 83.8 Å². The summed E-state index contributed by atoms with van der Waals surface area (Å²) in [5, 5.41) is 19.7. The van der Waals surface area contributed by atoms with Gasteiger partial charge in [0.25, 0.3) is 0 Å². The van der Waals surface area contributed by atoms with Crippen LogP contribution in [0.4, 0.5) is 0 Å². The Kier molecular flexibility index (Phi) is 2.78. The van der Waals surface area contributed by atoms with Crippen LogP contribution in [0.2, 0.25) is 0 Å². The van der Waals surface area contributed by atoms with Gasteiger partial charge in [-0.3, -0.25) is 4.79 Å². The van der Waals surface area contributed by atoms with E-state index in [9.17, 15) is 19.8 Å². The molecule has 19 heavy (non-hydrogen) atoms. The number of hydrogen-bond donors (Lipinski definition) is 2. The fourth-order valence-electron chi connectivity index (χ4n) is 3.05. The van der Waals surface area contributed by atoms with Gasteiger partial charge in [-0.15, -0.1) is 0 Å². The van der Waals surface area contributed by atoms with Crippen molar-refractivity contribution >= 4 is 12.3 Å². The van der Waals surface area contributed by atoms with Crippen molar-refractivity contribution in [3.63, 3.8) is 0 Å². The molecule has 0 saturated heterocycles. The van der Waals surface area contributed by atoms with Gasteiger partial charge in [-0.25, -0.2) is 4.79 Å². The average molecular weight is 262 g/mol. The van der Waals surface area contributed by atoms with E-state index in [1.54, 1.807) is 0 Å². The Balaban J connectivity index is 2.33. The van der Waals surface area contributed by atoms with E-state index in [4.69, 9.17) is 4.74 Å². The molecule has 0 bridgehead atoms. The van der Waals surface area contributed by atoms with Gasteiger partial charge in [0.15, 0.2) is 6.29 Å². The quantitative estimate of drug-likeness (QED) is 0.585. The third kappa shape index (κ3) is 1.73. The zero-order chi connectivity index (χ0) is 13.6. The first-order valence-electron chi connectivity index (χ1n) is 6.37. The highest BCUT2D eigenvalue weighted by molar-refractivity contribution is 5.99. The molecule has 1 atom stereocenters. The molecule has 0 radical (unpaired) electrons. The monoisotopic (exact) mass is 262 g/mol. The second kappa shape index (κ2) is 4.35. The molecule has 5 heteroatoms. The van der Waals surface area contributed by atoms with Crippen LogP contribution in [0, 0.1) is 0 Å². The minimum absolute atomic E-state index is 0.0367. The van der Waals surface area contributed by atoms with E-state index in [-0.39, 0.29) is 17.7 Å². The zero-order valence-electron chi connectivity index (χ0n) is 10.3. The smallest absolute Gasteiger partial charge is 0.341 e. The Morgan fingerprint density at radius 3 is 2.53 bits per heavy atom. The zero-order valence-corrected chi connectivity index (χ0v) is 10.3. The van der Waals surface area contributed by atoms with Crippen molar-refractivity contribution in [2.45, 2.75) is 38.4 Å². The lowest BCUT2D eigenvalue weighted by Crippen LogP contribution is -2.30. The van der Waals surface area contributed by atoms with Crippen LogP contribution < -0.4 is 0 Å². The Morgan fingerprint density at radius 1 is 1.16 bits per heavy atom. The molecule has 100 valence electrons. The van der Waals surface area contributed by atoms with Crippen LogP contribution in [-0.2, 0) is 24.0 Å². The number of cyclic esters (lactones) is 1. The predicted octanol–water partition coefficient (Wildman–Crippen LogP) is 1.11. The molecule has 1 heterocycles. The number of rotatable bonds is 1. The van der Waals surface area contributed by atoms with E-state index in [0.717, 1.165) is 18.4 Å². The Labute approximate surface area is 109 Å². The summed E-state index contributed by atoms with van der Waals surface area (Å²) in [4.78, 5) is 23.2. The first-order valence-corrected chi connectivity index (χ1v) is 6.37. The third-order valence-corrected chi connectivity index (χ3v) is 3.88. The number of benzene rings is 1. The van der Waals surface area contributed by atoms with Crippen molar-refractivity contribution < 1.29 is 24.5 Å². The number of aliphatic hydroxyl groups is 1. The number of ether oxygens (including phenoxy) is 1. The number of fused-ring (bicyclic) bond motifs is 3. The van der Waals surface area contributed by atoms with Gasteiger partial charge in [-0.1, -0.05) is 0 Å². The van der Waals surface area contributed by atoms with Gasteiger partial charge in [-0.2, -0.15) is 0 Å². The molecule has 3 rings (SSSR count). The Morgan fingerprint density at radius 2 is 1.84 bits per heavy atom. The number of carbonyl (C=O) groups is 2. The molecule has 1 aromatic carbocycles. The molecule has 0 aromatic heterocycles. The second-order valence-corrected chi connectivity index (χ2v) is 4.96. The van der Waals surface area contributed by atoms with E-state index in [1.807, 2.05) is 0 Å². The van der Waals surface area contributed by atoms with Gasteiger partial charge < -0.3 is 14.9 Å². The largest absolute Gasteiger partial charge is 0.507 e. The number of aliphatic hydroxyl groups excluding tert-OH is 1. The molecule has 1 aromatic rings. The van der Waals surface area contributed by atoms with E-state index in [2.05, 4.69) is 0 Å². The maximum atomic E-state index is 12.0. The van der Waals surface area contributed by atoms with E-state index in [1.165, 1.54) is 0 Å². The van der Waals surface area contributed by atoms with Gasteiger partial charge in [0.05, 0.1) is 11.1 Å². The molecule has 1 unspecified atom stereocenters. The van der Waals surface area contributed by atoms with Gasteiger partial charge in [0.2, 0.25) is 6.29 Å². The molecule has 0 fully saturated rings. The summed E-state index contributed by atoms with van der Waals surface area (Å²) in [6.07, 6.45) is 2.56. The number of aromatic hydroxyl groups is 1. The van der Waals surface area contributed by atoms with Crippen molar-refractivity contribution in [2.24, 2.45) is 0 Å². The molecule has 2 N–H and O–H groups in total. The van der Waals surface area contributed by atoms with Gasteiger partial charge >= 0.3 is 5.97 Å². The summed E-state index contributed by atoms with van der Waals surface area (Å²) in [6.45, 7) is 0. The Hall–Kier alpha value is -1.88. The summed E-state index contributed by atoms with van der Waals surface area (Å²) >= 11 is 0. The summed E-state index contributed by atoms with van der Waals surface area (Å²) < 4.78 is 4.84.